The van der Waals surface area contributed by atoms with Crippen molar-refractivity contribution in [2.75, 3.05) is 0 Å². The second kappa shape index (κ2) is 22.5. The molecule has 0 aliphatic rings. The molecule has 0 atom stereocenters. The average molecular weight is 240 g/mol. The Labute approximate surface area is 130 Å². The molecule has 0 bridgehead atoms. The number of carboxylic acids is 1. The quantitative estimate of drug-likeness (QED) is 0.491. The van der Waals surface area contributed by atoms with Gasteiger partial charge in [-0.3, -0.25) is 4.79 Å². The van der Waals surface area contributed by atoms with Crippen LogP contribution in [0.4, 0.5) is 0 Å². The predicted octanol–water partition coefficient (Wildman–Crippen LogP) is -4.90. The van der Waals surface area contributed by atoms with E-state index >= 15 is 0 Å². The zero-order valence-corrected chi connectivity index (χ0v) is 13.1. The summed E-state index contributed by atoms with van der Waals surface area (Å²) in [6.45, 7) is 1.84. The van der Waals surface area contributed by atoms with Crippen molar-refractivity contribution >= 4 is 5.97 Å². The molecule has 0 spiro atoms. The second-order valence-corrected chi connectivity index (χ2v) is 1.14. The van der Waals surface area contributed by atoms with Crippen LogP contribution in [0.2, 0.25) is 0 Å². The first-order valence-electron chi connectivity index (χ1n) is 1.99. The van der Waals surface area contributed by atoms with Gasteiger partial charge < -0.3 is 7.96 Å². The standard InChI is InChI=1S/C4H8O2.2Cr.2Na.2H/c1-2-3-4(5)6;;;;;;/h2-3H2,1H3,(H,5,6);;;;;;/q;;;2*+1;2*-1. The third-order valence-corrected chi connectivity index (χ3v) is 0.464. The first kappa shape index (κ1) is 29.4. The monoisotopic (exact) mass is 240 g/mol. The molecule has 6 heteroatoms. The van der Waals surface area contributed by atoms with E-state index in [0.29, 0.717) is 6.42 Å². The summed E-state index contributed by atoms with van der Waals surface area (Å²) >= 11 is 0. The van der Waals surface area contributed by atoms with Gasteiger partial charge in [-0.15, -0.1) is 0 Å². The molecule has 0 aliphatic carbocycles. The van der Waals surface area contributed by atoms with Crippen LogP contribution in [0.3, 0.4) is 0 Å². The van der Waals surface area contributed by atoms with Gasteiger partial charge >= 0.3 is 65.1 Å². The van der Waals surface area contributed by atoms with Gasteiger partial charge in [0.2, 0.25) is 0 Å². The Hall–Kier alpha value is 2.53. The minimum atomic E-state index is -0.711. The molecule has 1 N–H and O–H groups in total. The molecule has 0 aliphatic heterocycles. The van der Waals surface area contributed by atoms with Crippen molar-refractivity contribution in [2.45, 2.75) is 19.8 Å². The summed E-state index contributed by atoms with van der Waals surface area (Å²) in [6, 6.07) is 0. The van der Waals surface area contributed by atoms with Gasteiger partial charge in [-0.25, -0.2) is 0 Å². The first-order chi connectivity index (χ1) is 2.77. The predicted molar refractivity (Wildman–Crippen MR) is 24.8 cm³/mol. The van der Waals surface area contributed by atoms with E-state index in [4.69, 9.17) is 5.11 Å². The SMILES string of the molecule is CCCC(=O)O.[Cr].[Cr].[H-].[H-].[Na+].[Na+]. The number of hydrogen-bond acceptors (Lipinski definition) is 1. The number of carboxylic acid groups (broad SMARTS) is 1. The first-order valence-corrected chi connectivity index (χ1v) is 1.99. The van der Waals surface area contributed by atoms with Crippen LogP contribution in [-0.2, 0) is 39.5 Å². The van der Waals surface area contributed by atoms with Gasteiger partial charge in [0.25, 0.3) is 0 Å². The largest absolute Gasteiger partial charge is 1.00 e. The Morgan fingerprint density at radius 3 is 1.70 bits per heavy atom. The van der Waals surface area contributed by atoms with Gasteiger partial charge in [-0.1, -0.05) is 6.92 Å². The van der Waals surface area contributed by atoms with E-state index in [2.05, 4.69) is 0 Å². The van der Waals surface area contributed by atoms with Gasteiger partial charge in [0.05, 0.1) is 0 Å². The number of hydrogen-bond donors (Lipinski definition) is 1. The maximum absolute atomic E-state index is 9.60. The van der Waals surface area contributed by atoms with Crippen LogP contribution in [0.15, 0.2) is 0 Å². The van der Waals surface area contributed by atoms with Crippen LogP contribution >= 0.6 is 0 Å². The summed E-state index contributed by atoms with van der Waals surface area (Å²) in [4.78, 5) is 9.60. The fraction of sp³-hybridized carbons (Fsp3) is 0.750. The minimum absolute atomic E-state index is 0. The third-order valence-electron chi connectivity index (χ3n) is 0.464. The molecule has 0 fully saturated rings. The Bertz CT molecular complexity index is 71.0. The maximum Gasteiger partial charge on any atom is 1.00 e. The Kier molecular flexibility index (Phi) is 66.2. The van der Waals surface area contributed by atoms with E-state index in [1.165, 1.54) is 0 Å². The topological polar surface area (TPSA) is 37.3 Å². The van der Waals surface area contributed by atoms with E-state index < -0.39 is 5.97 Å². The van der Waals surface area contributed by atoms with Crippen molar-refractivity contribution in [3.63, 3.8) is 0 Å². The Morgan fingerprint density at radius 2 is 1.70 bits per heavy atom. The summed E-state index contributed by atoms with van der Waals surface area (Å²) < 4.78 is 0. The van der Waals surface area contributed by atoms with Crippen LogP contribution in [0, 0.1) is 0 Å². The van der Waals surface area contributed by atoms with Gasteiger partial charge in [0, 0.05) is 41.1 Å². The molecular formula is C4H10Cr2Na2O2. The maximum atomic E-state index is 9.60. The minimum Gasteiger partial charge on any atom is -1.00 e. The smallest absolute Gasteiger partial charge is 1.00 e. The zero-order valence-electron chi connectivity index (χ0n) is 8.59. The molecule has 0 unspecified atom stereocenters. The molecular weight excluding hydrogens is 230 g/mol. The van der Waals surface area contributed by atoms with E-state index in [1.807, 2.05) is 6.92 Å². The van der Waals surface area contributed by atoms with Gasteiger partial charge in [-0.2, -0.15) is 0 Å². The van der Waals surface area contributed by atoms with Crippen molar-refractivity contribution in [1.82, 2.24) is 0 Å². The molecule has 0 amide bonds. The van der Waals surface area contributed by atoms with E-state index in [9.17, 15) is 4.79 Å². The van der Waals surface area contributed by atoms with E-state index in [1.54, 1.807) is 0 Å². The molecule has 0 heterocycles. The van der Waals surface area contributed by atoms with Crippen LogP contribution in [-0.4, -0.2) is 11.1 Å². The second-order valence-electron chi connectivity index (χ2n) is 1.14. The zero-order chi connectivity index (χ0) is 4.99. The molecule has 2 nitrogen and oxygen atoms in total. The molecule has 0 radical (unpaired) electrons. The van der Waals surface area contributed by atoms with Crippen molar-refractivity contribution in [3.05, 3.63) is 0 Å². The molecule has 0 rings (SSSR count). The molecule has 0 saturated carbocycles. The van der Waals surface area contributed by atoms with Crippen LogP contribution < -0.4 is 59.1 Å². The number of rotatable bonds is 2. The molecule has 0 saturated heterocycles. The van der Waals surface area contributed by atoms with Crippen molar-refractivity contribution in [2.24, 2.45) is 0 Å². The molecule has 52 valence electrons. The summed E-state index contributed by atoms with van der Waals surface area (Å²) in [5.74, 6) is -0.711. The van der Waals surface area contributed by atoms with Crippen molar-refractivity contribution in [3.8, 4) is 0 Å². The van der Waals surface area contributed by atoms with Gasteiger partial charge in [0.15, 0.2) is 0 Å². The number of carbonyl (C=O) groups is 1. The molecule has 0 aromatic carbocycles. The third kappa shape index (κ3) is 31.3. The summed E-state index contributed by atoms with van der Waals surface area (Å²) in [5, 5.41) is 7.91. The fourth-order valence-electron chi connectivity index (χ4n) is 0.214. The van der Waals surface area contributed by atoms with Crippen molar-refractivity contribution < 1.29 is 107 Å². The summed E-state index contributed by atoms with van der Waals surface area (Å²) in [7, 11) is 0. The van der Waals surface area contributed by atoms with Crippen molar-refractivity contribution in [1.29, 1.82) is 0 Å². The molecule has 10 heavy (non-hydrogen) atoms. The molecule has 0 aromatic heterocycles. The summed E-state index contributed by atoms with van der Waals surface area (Å²) in [6.07, 6.45) is 1.02. The van der Waals surface area contributed by atoms with E-state index in [0.717, 1.165) is 6.42 Å². The van der Waals surface area contributed by atoms with Crippen LogP contribution in [0.25, 0.3) is 0 Å². The Morgan fingerprint density at radius 1 is 1.40 bits per heavy atom. The van der Waals surface area contributed by atoms with Crippen LogP contribution in [0.5, 0.6) is 0 Å². The van der Waals surface area contributed by atoms with E-state index in [-0.39, 0.29) is 96.7 Å². The number of aliphatic carboxylic acids is 1. The van der Waals surface area contributed by atoms with Gasteiger partial charge in [0.1, 0.15) is 0 Å². The molecule has 0 aromatic rings. The average Bonchev–Trinajstić information content (AvgIpc) is 1.35. The fourth-order valence-corrected chi connectivity index (χ4v) is 0.214. The Balaban J connectivity index is -0.00000000833. The van der Waals surface area contributed by atoms with Crippen LogP contribution in [0.1, 0.15) is 22.6 Å². The normalized spacial score (nSPS) is 4.90. The van der Waals surface area contributed by atoms with Gasteiger partial charge in [-0.05, 0) is 6.42 Å². The summed E-state index contributed by atoms with van der Waals surface area (Å²) in [5.41, 5.74) is 0.